The molecule has 1 aliphatic carbocycles. The van der Waals surface area contributed by atoms with Gasteiger partial charge in [0, 0.05) is 23.2 Å². The molecule has 0 saturated heterocycles. The first-order chi connectivity index (χ1) is 7.17. The Hall–Kier alpha value is -1.03. The Morgan fingerprint density at radius 3 is 2.80 bits per heavy atom. The number of ether oxygens (including phenoxy) is 1. The molecule has 1 saturated carbocycles. The minimum atomic E-state index is 0.300. The van der Waals surface area contributed by atoms with Crippen molar-refractivity contribution < 1.29 is 4.74 Å². The minimum Gasteiger partial charge on any atom is -0.481 e. The summed E-state index contributed by atoms with van der Waals surface area (Å²) in [5, 5.41) is 3.54. The Morgan fingerprint density at radius 1 is 1.47 bits per heavy atom. The van der Waals surface area contributed by atoms with Gasteiger partial charge in [0.15, 0.2) is 0 Å². The number of aromatic nitrogens is 2. The van der Waals surface area contributed by atoms with Crippen molar-refractivity contribution in [2.75, 3.05) is 12.4 Å². The molecule has 1 aliphatic rings. The van der Waals surface area contributed by atoms with Crippen molar-refractivity contribution in [2.24, 2.45) is 0 Å². The van der Waals surface area contributed by atoms with E-state index in [4.69, 9.17) is 16.3 Å². The Balaban J connectivity index is 2.04. The number of aryl methyl sites for hydroxylation is 1. The summed E-state index contributed by atoms with van der Waals surface area (Å²) in [5.74, 6) is 1.21. The van der Waals surface area contributed by atoms with Crippen LogP contribution in [0.15, 0.2) is 6.07 Å². The zero-order valence-electron chi connectivity index (χ0n) is 8.83. The maximum absolute atomic E-state index is 5.89. The van der Waals surface area contributed by atoms with Crippen LogP contribution in [0.4, 0.5) is 5.95 Å². The van der Waals surface area contributed by atoms with E-state index in [1.54, 1.807) is 13.2 Å². The number of anilines is 1. The summed E-state index contributed by atoms with van der Waals surface area (Å²) in [6.07, 6.45) is 1.95. The van der Waals surface area contributed by atoms with Crippen LogP contribution in [0.2, 0.25) is 0 Å². The van der Waals surface area contributed by atoms with Crippen molar-refractivity contribution in [2.45, 2.75) is 31.2 Å². The summed E-state index contributed by atoms with van der Waals surface area (Å²) >= 11 is 5.89. The van der Waals surface area contributed by atoms with Gasteiger partial charge in [0.2, 0.25) is 11.8 Å². The van der Waals surface area contributed by atoms with Gasteiger partial charge in [-0.1, -0.05) is 0 Å². The van der Waals surface area contributed by atoms with Gasteiger partial charge in [-0.05, 0) is 19.8 Å². The number of nitrogens with one attached hydrogen (secondary N) is 1. The third kappa shape index (κ3) is 2.50. The summed E-state index contributed by atoms with van der Waals surface area (Å²) in [6, 6.07) is 2.20. The number of hydrogen-bond donors (Lipinski definition) is 1. The van der Waals surface area contributed by atoms with Crippen molar-refractivity contribution in [3.05, 3.63) is 11.8 Å². The standard InChI is InChI=1S/C10H14ClN3O/c1-6-3-9(15-2)14-10(12-6)13-8-4-7(11)5-8/h3,7-8H,4-5H2,1-2H3,(H,12,13,14). The van der Waals surface area contributed by atoms with Gasteiger partial charge in [0.1, 0.15) is 0 Å². The normalized spacial score (nSPS) is 24.5. The summed E-state index contributed by atoms with van der Waals surface area (Å²) in [7, 11) is 1.60. The van der Waals surface area contributed by atoms with Gasteiger partial charge in [-0.25, -0.2) is 4.98 Å². The Kier molecular flexibility index (Phi) is 2.95. The summed E-state index contributed by atoms with van der Waals surface area (Å²) in [4.78, 5) is 8.49. The third-order valence-electron chi connectivity index (χ3n) is 2.45. The maximum atomic E-state index is 5.89. The topological polar surface area (TPSA) is 47.0 Å². The Morgan fingerprint density at radius 2 is 2.20 bits per heavy atom. The fraction of sp³-hybridized carbons (Fsp3) is 0.600. The molecule has 0 bridgehead atoms. The number of methoxy groups -OCH3 is 1. The summed E-state index contributed by atoms with van der Waals surface area (Å²) in [6.45, 7) is 1.92. The third-order valence-corrected chi connectivity index (χ3v) is 2.81. The molecule has 5 heteroatoms. The SMILES string of the molecule is COc1cc(C)nc(NC2CC(Cl)C2)n1. The predicted octanol–water partition coefficient (Wildman–Crippen LogP) is 1.98. The van der Waals surface area contributed by atoms with Gasteiger partial charge >= 0.3 is 0 Å². The highest BCUT2D eigenvalue weighted by Crippen LogP contribution is 2.27. The van der Waals surface area contributed by atoms with Crippen molar-refractivity contribution >= 4 is 17.5 Å². The molecule has 1 N–H and O–H groups in total. The summed E-state index contributed by atoms with van der Waals surface area (Å²) in [5.41, 5.74) is 0.895. The van der Waals surface area contributed by atoms with E-state index in [0.29, 0.717) is 23.2 Å². The first kappa shape index (κ1) is 10.5. The van der Waals surface area contributed by atoms with Crippen LogP contribution in [-0.2, 0) is 0 Å². The van der Waals surface area contributed by atoms with Crippen molar-refractivity contribution in [1.82, 2.24) is 9.97 Å². The van der Waals surface area contributed by atoms with Crippen molar-refractivity contribution in [3.8, 4) is 5.88 Å². The Labute approximate surface area is 94.0 Å². The lowest BCUT2D eigenvalue weighted by molar-refractivity contribution is 0.395. The highest BCUT2D eigenvalue weighted by Gasteiger charge is 2.27. The lowest BCUT2D eigenvalue weighted by Crippen LogP contribution is -2.36. The molecule has 1 fully saturated rings. The quantitative estimate of drug-likeness (QED) is 0.803. The van der Waals surface area contributed by atoms with Crippen LogP contribution in [0.5, 0.6) is 5.88 Å². The molecule has 0 atom stereocenters. The van der Waals surface area contributed by atoms with Crippen LogP contribution in [0, 0.1) is 6.92 Å². The van der Waals surface area contributed by atoms with Crippen LogP contribution in [0.1, 0.15) is 18.5 Å². The molecule has 1 aromatic rings. The van der Waals surface area contributed by atoms with Gasteiger partial charge in [0.25, 0.3) is 0 Å². The highest BCUT2D eigenvalue weighted by molar-refractivity contribution is 6.21. The second-order valence-electron chi connectivity index (χ2n) is 3.79. The maximum Gasteiger partial charge on any atom is 0.226 e. The first-order valence-electron chi connectivity index (χ1n) is 4.97. The number of halogens is 1. The molecule has 0 aliphatic heterocycles. The van der Waals surface area contributed by atoms with E-state index in [0.717, 1.165) is 18.5 Å². The number of alkyl halides is 1. The summed E-state index contributed by atoms with van der Waals surface area (Å²) < 4.78 is 5.07. The molecule has 0 unspecified atom stereocenters. The van der Waals surface area contributed by atoms with E-state index in [1.165, 1.54) is 0 Å². The van der Waals surface area contributed by atoms with Crippen LogP contribution in [-0.4, -0.2) is 28.5 Å². The van der Waals surface area contributed by atoms with Gasteiger partial charge in [-0.2, -0.15) is 4.98 Å². The molecule has 1 heterocycles. The monoisotopic (exact) mass is 227 g/mol. The van der Waals surface area contributed by atoms with Crippen molar-refractivity contribution in [1.29, 1.82) is 0 Å². The van der Waals surface area contributed by atoms with E-state index >= 15 is 0 Å². The second-order valence-corrected chi connectivity index (χ2v) is 4.40. The molecule has 0 amide bonds. The van der Waals surface area contributed by atoms with Crippen molar-refractivity contribution in [3.63, 3.8) is 0 Å². The highest BCUT2D eigenvalue weighted by atomic mass is 35.5. The number of hydrogen-bond acceptors (Lipinski definition) is 4. The molecular formula is C10H14ClN3O. The van der Waals surface area contributed by atoms with Crippen LogP contribution in [0.25, 0.3) is 0 Å². The smallest absolute Gasteiger partial charge is 0.226 e. The lowest BCUT2D eigenvalue weighted by Gasteiger charge is -2.31. The second kappa shape index (κ2) is 4.23. The van der Waals surface area contributed by atoms with Crippen LogP contribution < -0.4 is 10.1 Å². The molecule has 0 radical (unpaired) electrons. The average molecular weight is 228 g/mol. The van der Waals surface area contributed by atoms with E-state index in [9.17, 15) is 0 Å². The molecule has 1 aromatic heterocycles. The molecule has 0 aromatic carbocycles. The average Bonchev–Trinajstić information content (AvgIpc) is 2.14. The van der Waals surface area contributed by atoms with Gasteiger partial charge in [-0.3, -0.25) is 0 Å². The van der Waals surface area contributed by atoms with Crippen LogP contribution in [0.3, 0.4) is 0 Å². The van der Waals surface area contributed by atoms with E-state index in [2.05, 4.69) is 15.3 Å². The number of nitrogens with zero attached hydrogens (tertiary/aromatic N) is 2. The first-order valence-corrected chi connectivity index (χ1v) is 5.41. The number of rotatable bonds is 3. The van der Waals surface area contributed by atoms with Gasteiger partial charge in [0.05, 0.1) is 7.11 Å². The zero-order valence-corrected chi connectivity index (χ0v) is 9.58. The molecule has 4 nitrogen and oxygen atoms in total. The van der Waals surface area contributed by atoms with Gasteiger partial charge in [-0.15, -0.1) is 11.6 Å². The molecule has 82 valence electrons. The Bertz CT molecular complexity index is 353. The zero-order chi connectivity index (χ0) is 10.8. The van der Waals surface area contributed by atoms with E-state index in [1.807, 2.05) is 6.92 Å². The van der Waals surface area contributed by atoms with E-state index in [-0.39, 0.29) is 0 Å². The molecule has 0 spiro atoms. The molecule has 15 heavy (non-hydrogen) atoms. The molecular weight excluding hydrogens is 214 g/mol. The van der Waals surface area contributed by atoms with E-state index < -0.39 is 0 Å². The fourth-order valence-electron chi connectivity index (χ4n) is 1.56. The molecule has 2 rings (SSSR count). The minimum absolute atomic E-state index is 0.300. The lowest BCUT2D eigenvalue weighted by atomic mass is 9.93. The van der Waals surface area contributed by atoms with Gasteiger partial charge < -0.3 is 10.1 Å². The fourth-order valence-corrected chi connectivity index (χ4v) is 1.99. The predicted molar refractivity (Wildman–Crippen MR) is 59.6 cm³/mol. The largest absolute Gasteiger partial charge is 0.481 e. The van der Waals surface area contributed by atoms with Crippen LogP contribution >= 0.6 is 11.6 Å².